The smallest absolute Gasteiger partial charge is 0.270 e. The maximum Gasteiger partial charge on any atom is 0.270 e. The third-order valence-electron chi connectivity index (χ3n) is 4.12. The zero-order valence-electron chi connectivity index (χ0n) is 14.0. The number of anilines is 2. The summed E-state index contributed by atoms with van der Waals surface area (Å²) in [5, 5.41) is 6.18. The number of methoxy groups -OCH3 is 1. The third-order valence-corrected chi connectivity index (χ3v) is 4.12. The zero-order chi connectivity index (χ0) is 16.9. The van der Waals surface area contributed by atoms with Gasteiger partial charge in [-0.25, -0.2) is 9.97 Å². The van der Waals surface area contributed by atoms with Crippen LogP contribution in [0.25, 0.3) is 0 Å². The summed E-state index contributed by atoms with van der Waals surface area (Å²) in [7, 11) is 1.63. The van der Waals surface area contributed by atoms with Crippen LogP contribution in [0.1, 0.15) is 41.9 Å². The Hall–Kier alpha value is -2.63. The number of ether oxygens (including phenoxy) is 1. The molecule has 1 aromatic carbocycles. The van der Waals surface area contributed by atoms with Gasteiger partial charge >= 0.3 is 0 Å². The van der Waals surface area contributed by atoms with Crippen LogP contribution in [0.4, 0.5) is 11.6 Å². The maximum atomic E-state index is 12.4. The van der Waals surface area contributed by atoms with Crippen LogP contribution < -0.4 is 15.4 Å². The molecule has 3 rings (SSSR count). The highest BCUT2D eigenvalue weighted by Gasteiger charge is 2.19. The molecule has 1 aromatic heterocycles. The van der Waals surface area contributed by atoms with Crippen molar-refractivity contribution in [1.82, 2.24) is 15.3 Å². The molecule has 2 N–H and O–H groups in total. The molecular weight excluding hydrogens is 304 g/mol. The summed E-state index contributed by atoms with van der Waals surface area (Å²) in [5.74, 6) is 1.06. The minimum atomic E-state index is -0.134. The number of nitrogens with one attached hydrogen (secondary N) is 2. The van der Waals surface area contributed by atoms with E-state index in [0.717, 1.165) is 30.0 Å². The SMILES string of the molecule is COc1ccc(Nc2nc(C)cc(C(=O)NC3CCCC3)n2)cc1. The monoisotopic (exact) mass is 326 g/mol. The third kappa shape index (κ3) is 4.01. The average Bonchev–Trinajstić information content (AvgIpc) is 3.08. The fraction of sp³-hybridized carbons (Fsp3) is 0.389. The van der Waals surface area contributed by atoms with Crippen LogP contribution in [0.3, 0.4) is 0 Å². The highest BCUT2D eigenvalue weighted by atomic mass is 16.5. The topological polar surface area (TPSA) is 76.1 Å². The summed E-state index contributed by atoms with van der Waals surface area (Å²) in [6.07, 6.45) is 4.45. The highest BCUT2D eigenvalue weighted by molar-refractivity contribution is 5.92. The van der Waals surface area contributed by atoms with Gasteiger partial charge in [0.2, 0.25) is 5.95 Å². The first kappa shape index (κ1) is 16.2. The number of rotatable bonds is 5. The molecule has 1 fully saturated rings. The summed E-state index contributed by atoms with van der Waals surface area (Å²) in [6.45, 7) is 1.85. The van der Waals surface area contributed by atoms with Gasteiger partial charge in [0.1, 0.15) is 11.4 Å². The Morgan fingerprint density at radius 1 is 1.17 bits per heavy atom. The first-order valence-electron chi connectivity index (χ1n) is 8.21. The van der Waals surface area contributed by atoms with E-state index in [4.69, 9.17) is 4.74 Å². The molecular formula is C18H22N4O2. The van der Waals surface area contributed by atoms with Crippen molar-refractivity contribution in [2.45, 2.75) is 38.6 Å². The van der Waals surface area contributed by atoms with Crippen LogP contribution in [0.15, 0.2) is 30.3 Å². The number of aryl methyl sites for hydroxylation is 1. The molecule has 2 aromatic rings. The molecule has 0 bridgehead atoms. The second kappa shape index (κ2) is 7.29. The van der Waals surface area contributed by atoms with Gasteiger partial charge in [-0.2, -0.15) is 0 Å². The molecule has 1 amide bonds. The molecule has 1 heterocycles. The number of hydrogen-bond acceptors (Lipinski definition) is 5. The van der Waals surface area contributed by atoms with E-state index in [-0.39, 0.29) is 11.9 Å². The zero-order valence-corrected chi connectivity index (χ0v) is 14.0. The van der Waals surface area contributed by atoms with Gasteiger partial charge in [0, 0.05) is 17.4 Å². The average molecular weight is 326 g/mol. The minimum absolute atomic E-state index is 0.134. The fourth-order valence-corrected chi connectivity index (χ4v) is 2.87. The molecule has 1 saturated carbocycles. The predicted molar refractivity (Wildman–Crippen MR) is 92.8 cm³/mol. The van der Waals surface area contributed by atoms with E-state index in [0.29, 0.717) is 11.6 Å². The number of benzene rings is 1. The normalized spacial score (nSPS) is 14.4. The maximum absolute atomic E-state index is 12.4. The number of aromatic nitrogens is 2. The Morgan fingerprint density at radius 3 is 2.54 bits per heavy atom. The number of amides is 1. The van der Waals surface area contributed by atoms with Gasteiger partial charge in [-0.3, -0.25) is 4.79 Å². The van der Waals surface area contributed by atoms with Crippen LogP contribution in [-0.2, 0) is 0 Å². The summed E-state index contributed by atoms with van der Waals surface area (Å²) < 4.78 is 5.14. The molecule has 0 unspecified atom stereocenters. The summed E-state index contributed by atoms with van der Waals surface area (Å²) in [4.78, 5) is 21.1. The van der Waals surface area contributed by atoms with Crippen LogP contribution in [0, 0.1) is 6.92 Å². The summed E-state index contributed by atoms with van der Waals surface area (Å²) in [5.41, 5.74) is 1.98. The van der Waals surface area contributed by atoms with Crippen molar-refractivity contribution in [2.24, 2.45) is 0 Å². The van der Waals surface area contributed by atoms with E-state index in [9.17, 15) is 4.79 Å². The Morgan fingerprint density at radius 2 is 1.88 bits per heavy atom. The summed E-state index contributed by atoms with van der Waals surface area (Å²) in [6, 6.07) is 9.44. The molecule has 6 heteroatoms. The lowest BCUT2D eigenvalue weighted by Crippen LogP contribution is -2.33. The minimum Gasteiger partial charge on any atom is -0.497 e. The van der Waals surface area contributed by atoms with E-state index in [1.165, 1.54) is 12.8 Å². The Bertz CT molecular complexity index is 709. The predicted octanol–water partition coefficient (Wildman–Crippen LogP) is 3.21. The molecule has 126 valence electrons. The fourth-order valence-electron chi connectivity index (χ4n) is 2.87. The molecule has 0 radical (unpaired) electrons. The van der Waals surface area contributed by atoms with Gasteiger partial charge in [-0.1, -0.05) is 12.8 Å². The second-order valence-corrected chi connectivity index (χ2v) is 6.03. The van der Waals surface area contributed by atoms with Crippen molar-refractivity contribution in [3.8, 4) is 5.75 Å². The van der Waals surface area contributed by atoms with Crippen molar-refractivity contribution in [3.05, 3.63) is 41.7 Å². The highest BCUT2D eigenvalue weighted by Crippen LogP contribution is 2.20. The van der Waals surface area contributed by atoms with E-state index < -0.39 is 0 Å². The van der Waals surface area contributed by atoms with Gasteiger partial charge in [-0.05, 0) is 50.1 Å². The molecule has 1 aliphatic carbocycles. The number of hydrogen-bond donors (Lipinski definition) is 2. The lowest BCUT2D eigenvalue weighted by molar-refractivity contribution is 0.0932. The van der Waals surface area contributed by atoms with Gasteiger partial charge in [0.05, 0.1) is 7.11 Å². The van der Waals surface area contributed by atoms with Crippen LogP contribution in [0.5, 0.6) is 5.75 Å². The van der Waals surface area contributed by atoms with Crippen molar-refractivity contribution >= 4 is 17.5 Å². The molecule has 0 spiro atoms. The van der Waals surface area contributed by atoms with Crippen LogP contribution >= 0.6 is 0 Å². The first-order valence-corrected chi connectivity index (χ1v) is 8.21. The van der Waals surface area contributed by atoms with Crippen molar-refractivity contribution in [3.63, 3.8) is 0 Å². The molecule has 0 atom stereocenters. The van der Waals surface area contributed by atoms with E-state index in [1.807, 2.05) is 31.2 Å². The number of carbonyl (C=O) groups is 1. The Labute approximate surface area is 141 Å². The second-order valence-electron chi connectivity index (χ2n) is 6.03. The molecule has 0 saturated heterocycles. The molecule has 0 aliphatic heterocycles. The number of nitrogens with zero attached hydrogens (tertiary/aromatic N) is 2. The van der Waals surface area contributed by atoms with Crippen LogP contribution in [0.2, 0.25) is 0 Å². The van der Waals surface area contributed by atoms with Crippen LogP contribution in [-0.4, -0.2) is 29.0 Å². The standard InChI is InChI=1S/C18H22N4O2/c1-12-11-16(17(23)20-13-5-3-4-6-13)22-18(19-12)21-14-7-9-15(24-2)10-8-14/h7-11,13H,3-6H2,1-2H3,(H,20,23)(H,19,21,22). The Kier molecular flexibility index (Phi) is 4.93. The molecule has 24 heavy (non-hydrogen) atoms. The van der Waals surface area contributed by atoms with Crippen molar-refractivity contribution < 1.29 is 9.53 Å². The van der Waals surface area contributed by atoms with E-state index in [2.05, 4.69) is 20.6 Å². The molecule has 6 nitrogen and oxygen atoms in total. The lowest BCUT2D eigenvalue weighted by Gasteiger charge is -2.13. The van der Waals surface area contributed by atoms with Gasteiger partial charge in [0.25, 0.3) is 5.91 Å². The van der Waals surface area contributed by atoms with Crippen molar-refractivity contribution in [1.29, 1.82) is 0 Å². The quantitative estimate of drug-likeness (QED) is 0.882. The first-order chi connectivity index (χ1) is 11.6. The van der Waals surface area contributed by atoms with Gasteiger partial charge in [0.15, 0.2) is 0 Å². The number of carbonyl (C=O) groups excluding carboxylic acids is 1. The lowest BCUT2D eigenvalue weighted by atomic mass is 10.2. The van der Waals surface area contributed by atoms with Crippen molar-refractivity contribution in [2.75, 3.05) is 12.4 Å². The van der Waals surface area contributed by atoms with E-state index in [1.54, 1.807) is 13.2 Å². The van der Waals surface area contributed by atoms with E-state index >= 15 is 0 Å². The van der Waals surface area contributed by atoms with Gasteiger partial charge < -0.3 is 15.4 Å². The largest absolute Gasteiger partial charge is 0.497 e. The molecule has 1 aliphatic rings. The Balaban J connectivity index is 1.73. The van der Waals surface area contributed by atoms with Gasteiger partial charge in [-0.15, -0.1) is 0 Å². The summed E-state index contributed by atoms with van der Waals surface area (Å²) >= 11 is 0.